The molecule has 7 nitrogen and oxygen atoms in total. The zero-order chi connectivity index (χ0) is 14.8. The molecular formula is C12H17N3O4S. The Bertz CT molecular complexity index is 596. The highest BCUT2D eigenvalue weighted by Gasteiger charge is 2.27. The van der Waals surface area contributed by atoms with Crippen molar-refractivity contribution in [2.24, 2.45) is 0 Å². The first-order chi connectivity index (χ1) is 9.43. The number of nitrogens with one attached hydrogen (secondary N) is 1. The number of carboxylic acids is 1. The molecule has 1 aromatic carbocycles. The van der Waals surface area contributed by atoms with Crippen LogP contribution in [-0.2, 0) is 10.0 Å². The van der Waals surface area contributed by atoms with E-state index in [9.17, 15) is 13.2 Å². The summed E-state index contributed by atoms with van der Waals surface area (Å²) in [7, 11) is -2.25. The lowest BCUT2D eigenvalue weighted by Crippen LogP contribution is -2.52. The van der Waals surface area contributed by atoms with Crippen molar-refractivity contribution in [3.8, 4) is 0 Å². The highest BCUT2D eigenvalue weighted by Crippen LogP contribution is 2.18. The Kier molecular flexibility index (Phi) is 4.39. The Morgan fingerprint density at radius 1 is 1.35 bits per heavy atom. The Hall–Kier alpha value is -1.48. The van der Waals surface area contributed by atoms with Gasteiger partial charge in [0.25, 0.3) is 10.0 Å². The Labute approximate surface area is 117 Å². The monoisotopic (exact) mass is 299 g/mol. The van der Waals surface area contributed by atoms with Crippen molar-refractivity contribution in [2.45, 2.75) is 4.90 Å². The lowest BCUT2D eigenvalue weighted by atomic mass is 10.2. The van der Waals surface area contributed by atoms with Crippen LogP contribution in [0.25, 0.3) is 0 Å². The number of benzene rings is 1. The normalized spacial score (nSPS) is 17.3. The first kappa shape index (κ1) is 14.9. The molecule has 2 N–H and O–H groups in total. The van der Waals surface area contributed by atoms with Crippen LogP contribution in [0.3, 0.4) is 0 Å². The number of aromatic carboxylic acids is 1. The van der Waals surface area contributed by atoms with E-state index in [1.165, 1.54) is 35.7 Å². The molecule has 0 spiro atoms. The number of nitrogens with zero attached hydrogens (tertiary/aromatic N) is 2. The zero-order valence-corrected chi connectivity index (χ0v) is 11.9. The molecule has 1 aliphatic rings. The Balaban J connectivity index is 2.29. The van der Waals surface area contributed by atoms with Crippen LogP contribution < -0.4 is 5.32 Å². The van der Waals surface area contributed by atoms with E-state index in [0.717, 1.165) is 13.1 Å². The van der Waals surface area contributed by atoms with E-state index in [1.54, 1.807) is 5.01 Å². The number of sulfonamides is 1. The number of carbonyl (C=O) groups is 1. The van der Waals surface area contributed by atoms with Crippen LogP contribution in [0, 0.1) is 0 Å². The minimum atomic E-state index is -3.73. The lowest BCUT2D eigenvalue weighted by Gasteiger charge is -2.34. The predicted molar refractivity (Wildman–Crippen MR) is 72.8 cm³/mol. The molecule has 1 aromatic rings. The summed E-state index contributed by atoms with van der Waals surface area (Å²) in [5.74, 6) is -1.15. The van der Waals surface area contributed by atoms with Gasteiger partial charge in [-0.1, -0.05) is 6.07 Å². The number of hydrazine groups is 1. The Morgan fingerprint density at radius 3 is 2.60 bits per heavy atom. The van der Waals surface area contributed by atoms with Crippen molar-refractivity contribution in [3.05, 3.63) is 29.8 Å². The molecule has 0 aliphatic carbocycles. The van der Waals surface area contributed by atoms with Crippen molar-refractivity contribution in [1.29, 1.82) is 0 Å². The van der Waals surface area contributed by atoms with Gasteiger partial charge in [0.1, 0.15) is 0 Å². The standard InChI is InChI=1S/C12H17N3O4S/c1-14(15-7-5-13-6-8-15)20(18,19)11-4-2-3-10(9-11)12(16)17/h2-4,9,13H,5-8H2,1H3,(H,16,17). The van der Waals surface area contributed by atoms with E-state index in [1.807, 2.05) is 0 Å². The summed E-state index contributed by atoms with van der Waals surface area (Å²) in [6.07, 6.45) is 0. The maximum absolute atomic E-state index is 12.5. The fourth-order valence-corrected chi connectivity index (χ4v) is 3.33. The molecule has 0 saturated carbocycles. The SMILES string of the molecule is CN(N1CCNCC1)S(=O)(=O)c1cccc(C(=O)O)c1. The van der Waals surface area contributed by atoms with E-state index in [4.69, 9.17) is 5.11 Å². The summed E-state index contributed by atoms with van der Waals surface area (Å²) in [6, 6.07) is 5.38. The van der Waals surface area contributed by atoms with Crippen LogP contribution in [0.1, 0.15) is 10.4 Å². The van der Waals surface area contributed by atoms with Gasteiger partial charge in [-0.3, -0.25) is 0 Å². The maximum atomic E-state index is 12.5. The third-order valence-corrected chi connectivity index (χ3v) is 4.99. The number of rotatable bonds is 4. The fraction of sp³-hybridized carbons (Fsp3) is 0.417. The second kappa shape index (κ2) is 5.88. The van der Waals surface area contributed by atoms with Crippen molar-refractivity contribution in [1.82, 2.24) is 14.7 Å². The number of hydrogen-bond donors (Lipinski definition) is 2. The molecule has 1 aliphatic heterocycles. The number of piperazine rings is 1. The van der Waals surface area contributed by atoms with Gasteiger partial charge in [-0.05, 0) is 18.2 Å². The van der Waals surface area contributed by atoms with Crippen molar-refractivity contribution in [3.63, 3.8) is 0 Å². The molecule has 0 bridgehead atoms. The molecule has 110 valence electrons. The molecule has 1 saturated heterocycles. The second-order valence-electron chi connectivity index (χ2n) is 4.48. The van der Waals surface area contributed by atoms with Gasteiger partial charge in [-0.2, -0.15) is 0 Å². The van der Waals surface area contributed by atoms with E-state index < -0.39 is 16.0 Å². The lowest BCUT2D eigenvalue weighted by molar-refractivity contribution is 0.0686. The highest BCUT2D eigenvalue weighted by atomic mass is 32.2. The molecule has 20 heavy (non-hydrogen) atoms. The van der Waals surface area contributed by atoms with Crippen LogP contribution >= 0.6 is 0 Å². The summed E-state index contributed by atoms with van der Waals surface area (Å²) >= 11 is 0. The highest BCUT2D eigenvalue weighted by molar-refractivity contribution is 7.89. The van der Waals surface area contributed by atoms with Gasteiger partial charge >= 0.3 is 5.97 Å². The van der Waals surface area contributed by atoms with Gasteiger partial charge < -0.3 is 10.4 Å². The first-order valence-corrected chi connectivity index (χ1v) is 7.65. The summed E-state index contributed by atoms with van der Waals surface area (Å²) in [5, 5.41) is 13.8. The molecule has 0 aromatic heterocycles. The van der Waals surface area contributed by atoms with Crippen molar-refractivity contribution in [2.75, 3.05) is 33.2 Å². The molecule has 2 rings (SSSR count). The smallest absolute Gasteiger partial charge is 0.335 e. The average Bonchev–Trinajstić information content (AvgIpc) is 2.47. The van der Waals surface area contributed by atoms with Crippen LogP contribution in [0.4, 0.5) is 0 Å². The summed E-state index contributed by atoms with van der Waals surface area (Å²) in [5.41, 5.74) is -0.0419. The molecule has 0 atom stereocenters. The minimum absolute atomic E-state index is 0.0153. The summed E-state index contributed by atoms with van der Waals surface area (Å²) in [4.78, 5) is 10.9. The topological polar surface area (TPSA) is 90.0 Å². The third-order valence-electron chi connectivity index (χ3n) is 3.22. The molecule has 0 amide bonds. The maximum Gasteiger partial charge on any atom is 0.335 e. The van der Waals surface area contributed by atoms with Crippen LogP contribution in [0.2, 0.25) is 0 Å². The molecule has 0 unspecified atom stereocenters. The minimum Gasteiger partial charge on any atom is -0.478 e. The quantitative estimate of drug-likeness (QED) is 0.802. The van der Waals surface area contributed by atoms with Crippen molar-refractivity contribution < 1.29 is 18.3 Å². The molecule has 1 heterocycles. The second-order valence-corrected chi connectivity index (χ2v) is 6.43. The fourth-order valence-electron chi connectivity index (χ4n) is 2.03. The number of hydrogen-bond acceptors (Lipinski definition) is 5. The molecule has 1 fully saturated rings. The summed E-state index contributed by atoms with van der Waals surface area (Å²) in [6.45, 7) is 2.62. The van der Waals surface area contributed by atoms with Gasteiger partial charge in [-0.15, -0.1) is 4.41 Å². The average molecular weight is 299 g/mol. The molecule has 8 heteroatoms. The predicted octanol–water partition coefficient (Wildman–Crippen LogP) is -0.174. The third kappa shape index (κ3) is 2.98. The Morgan fingerprint density at radius 2 is 2.00 bits per heavy atom. The van der Waals surface area contributed by atoms with E-state index in [2.05, 4.69) is 5.32 Å². The van der Waals surface area contributed by atoms with E-state index in [0.29, 0.717) is 13.1 Å². The van der Waals surface area contributed by atoms with Crippen LogP contribution in [0.15, 0.2) is 29.2 Å². The van der Waals surface area contributed by atoms with Gasteiger partial charge in [0, 0.05) is 33.2 Å². The number of carboxylic acid groups (broad SMARTS) is 1. The molecular weight excluding hydrogens is 282 g/mol. The van der Waals surface area contributed by atoms with E-state index >= 15 is 0 Å². The zero-order valence-electron chi connectivity index (χ0n) is 11.1. The van der Waals surface area contributed by atoms with Crippen LogP contribution in [-0.4, -0.2) is 62.1 Å². The van der Waals surface area contributed by atoms with Gasteiger partial charge in [-0.25, -0.2) is 18.2 Å². The molecule has 0 radical (unpaired) electrons. The largest absolute Gasteiger partial charge is 0.478 e. The van der Waals surface area contributed by atoms with E-state index in [-0.39, 0.29) is 10.5 Å². The van der Waals surface area contributed by atoms with Crippen molar-refractivity contribution >= 4 is 16.0 Å². The van der Waals surface area contributed by atoms with Crippen LogP contribution in [0.5, 0.6) is 0 Å². The van der Waals surface area contributed by atoms with Gasteiger partial charge in [0.05, 0.1) is 10.5 Å². The van der Waals surface area contributed by atoms with Gasteiger partial charge in [0.15, 0.2) is 0 Å². The van der Waals surface area contributed by atoms with Gasteiger partial charge in [0.2, 0.25) is 0 Å². The first-order valence-electron chi connectivity index (χ1n) is 6.21. The summed E-state index contributed by atoms with van der Waals surface area (Å²) < 4.78 is 26.1.